The summed E-state index contributed by atoms with van der Waals surface area (Å²) in [6.45, 7) is 1.47. The van der Waals surface area contributed by atoms with Crippen LogP contribution in [0.25, 0.3) is 0 Å². The molecule has 0 bridgehead atoms. The molecule has 0 radical (unpaired) electrons. The number of carbonyl (C=O) groups is 2. The first-order valence-corrected chi connectivity index (χ1v) is 16.8. The van der Waals surface area contributed by atoms with Gasteiger partial charge in [0.1, 0.15) is 30.0 Å². The summed E-state index contributed by atoms with van der Waals surface area (Å²) < 4.78 is 91.9. The number of hydrogen-bond acceptors (Lipinski definition) is 7. The van der Waals surface area contributed by atoms with Crippen LogP contribution in [-0.2, 0) is 31.1 Å². The average Bonchev–Trinajstić information content (AvgIpc) is 3.03. The zero-order valence-electron chi connectivity index (χ0n) is 25.2. The van der Waals surface area contributed by atoms with E-state index in [2.05, 4.69) is 20.1 Å². The topological polar surface area (TPSA) is 99.2 Å². The minimum Gasteiger partial charge on any atom is -0.489 e. The Morgan fingerprint density at radius 3 is 2.25 bits per heavy atom. The quantitative estimate of drug-likeness (QED) is 0.0474. The number of hydrogen-bond donors (Lipinski definition) is 0. The SMILES string of the molecule is CC(=O)OC(CC[C@H]1C(=O)N(c2ccc(OS(=O)(=O)C(F)(F)F)cc2)[C@@H]1c1ccc(Br)cc1OCc1ccccc1)c1ccc(F)cc1. The predicted octanol–water partition coefficient (Wildman–Crippen LogP) is 8.18. The molecule has 0 spiro atoms. The Morgan fingerprint density at radius 2 is 1.62 bits per heavy atom. The highest BCUT2D eigenvalue weighted by molar-refractivity contribution is 9.10. The molecule has 1 saturated heterocycles. The lowest BCUT2D eigenvalue weighted by Crippen LogP contribution is -2.55. The summed E-state index contributed by atoms with van der Waals surface area (Å²) in [7, 11) is -5.90. The summed E-state index contributed by atoms with van der Waals surface area (Å²) in [6.07, 6.45) is -0.324. The van der Waals surface area contributed by atoms with Crippen LogP contribution in [0.1, 0.15) is 48.6 Å². The van der Waals surface area contributed by atoms with Gasteiger partial charge in [-0.05, 0) is 72.5 Å². The van der Waals surface area contributed by atoms with Gasteiger partial charge in [0, 0.05) is 22.6 Å². The number of rotatable bonds is 12. The molecule has 48 heavy (non-hydrogen) atoms. The molecule has 1 heterocycles. The van der Waals surface area contributed by atoms with Gasteiger partial charge in [-0.15, -0.1) is 0 Å². The van der Waals surface area contributed by atoms with Crippen molar-refractivity contribution in [3.05, 3.63) is 124 Å². The van der Waals surface area contributed by atoms with Gasteiger partial charge in [0.25, 0.3) is 0 Å². The Labute approximate surface area is 282 Å². The molecule has 1 amide bonds. The number of amides is 1. The van der Waals surface area contributed by atoms with E-state index in [9.17, 15) is 35.6 Å². The first-order valence-electron chi connectivity index (χ1n) is 14.6. The minimum atomic E-state index is -5.90. The maximum absolute atomic E-state index is 13.8. The molecule has 5 rings (SSSR count). The van der Waals surface area contributed by atoms with Crippen LogP contribution in [-0.4, -0.2) is 25.8 Å². The van der Waals surface area contributed by atoms with E-state index in [1.54, 1.807) is 18.2 Å². The van der Waals surface area contributed by atoms with Gasteiger partial charge in [-0.1, -0.05) is 64.5 Å². The van der Waals surface area contributed by atoms with Crippen LogP contribution in [0.5, 0.6) is 11.5 Å². The molecular formula is C34H28BrF4NO7S. The van der Waals surface area contributed by atoms with Gasteiger partial charge in [-0.2, -0.15) is 21.6 Å². The Hall–Kier alpha value is -4.43. The number of esters is 1. The average molecular weight is 751 g/mol. The molecule has 0 aliphatic carbocycles. The van der Waals surface area contributed by atoms with E-state index < -0.39 is 51.2 Å². The van der Waals surface area contributed by atoms with E-state index in [-0.39, 0.29) is 31.0 Å². The highest BCUT2D eigenvalue weighted by Crippen LogP contribution is 2.49. The molecular weight excluding hydrogens is 722 g/mol. The van der Waals surface area contributed by atoms with Crippen molar-refractivity contribution in [3.8, 4) is 11.5 Å². The number of β-lactam (4-membered cyclic amide) rings is 1. The van der Waals surface area contributed by atoms with Gasteiger partial charge in [0.2, 0.25) is 5.91 Å². The maximum Gasteiger partial charge on any atom is 0.534 e. The zero-order chi connectivity index (χ0) is 34.6. The molecule has 1 aliphatic heterocycles. The molecule has 1 aliphatic rings. The number of carbonyl (C=O) groups excluding carboxylic acids is 2. The van der Waals surface area contributed by atoms with E-state index in [4.69, 9.17) is 9.47 Å². The third kappa shape index (κ3) is 7.98. The van der Waals surface area contributed by atoms with E-state index in [1.165, 1.54) is 48.2 Å². The summed E-state index contributed by atoms with van der Waals surface area (Å²) in [5.74, 6) is -2.14. The van der Waals surface area contributed by atoms with Crippen molar-refractivity contribution in [2.24, 2.45) is 5.92 Å². The van der Waals surface area contributed by atoms with Crippen molar-refractivity contribution in [2.45, 2.75) is 44.0 Å². The number of anilines is 1. The minimum absolute atomic E-state index is 0.213. The molecule has 252 valence electrons. The second kappa shape index (κ2) is 14.4. The zero-order valence-corrected chi connectivity index (χ0v) is 27.6. The largest absolute Gasteiger partial charge is 0.534 e. The fourth-order valence-electron chi connectivity index (χ4n) is 5.43. The van der Waals surface area contributed by atoms with Crippen LogP contribution < -0.4 is 13.8 Å². The van der Waals surface area contributed by atoms with Gasteiger partial charge in [-0.3, -0.25) is 9.59 Å². The first kappa shape index (κ1) is 34.9. The van der Waals surface area contributed by atoms with Crippen molar-refractivity contribution in [1.29, 1.82) is 0 Å². The van der Waals surface area contributed by atoms with Crippen molar-refractivity contribution in [3.63, 3.8) is 0 Å². The van der Waals surface area contributed by atoms with Gasteiger partial charge in [0.05, 0.1) is 12.0 Å². The Bertz CT molecular complexity index is 1870. The standard InChI is InChI=1S/C34H28BrF4NO7S/c1-21(41)46-30(23-7-10-25(36)11-8-23)18-17-29-32(28-16-9-24(35)19-31(28)45-20-22-5-3-2-4-6-22)40(33(29)42)26-12-14-27(15-13-26)47-48(43,44)34(37,38)39/h2-16,19,29-30,32H,17-18,20H2,1H3/t29-,30?,32-/m1/s1. The summed E-state index contributed by atoms with van der Waals surface area (Å²) >= 11 is 3.47. The summed E-state index contributed by atoms with van der Waals surface area (Å²) in [4.78, 5) is 27.2. The summed E-state index contributed by atoms with van der Waals surface area (Å²) in [6, 6.07) is 24.2. The molecule has 0 aromatic heterocycles. The second-order valence-corrected chi connectivity index (χ2v) is 13.4. The summed E-state index contributed by atoms with van der Waals surface area (Å²) in [5, 5.41) is 0. The van der Waals surface area contributed by atoms with Crippen molar-refractivity contribution >= 4 is 43.6 Å². The molecule has 8 nitrogen and oxygen atoms in total. The molecule has 1 fully saturated rings. The van der Waals surface area contributed by atoms with Crippen LogP contribution in [0, 0.1) is 11.7 Å². The molecule has 3 atom stereocenters. The third-order valence-electron chi connectivity index (χ3n) is 7.64. The molecule has 4 aromatic rings. The van der Waals surface area contributed by atoms with Crippen LogP contribution in [0.4, 0.5) is 23.2 Å². The Morgan fingerprint density at radius 1 is 0.958 bits per heavy atom. The molecule has 14 heteroatoms. The fourth-order valence-corrected chi connectivity index (χ4v) is 6.22. The number of nitrogens with zero attached hydrogens (tertiary/aromatic N) is 1. The molecule has 1 unspecified atom stereocenters. The normalized spacial score (nSPS) is 17.0. The van der Waals surface area contributed by atoms with Gasteiger partial charge < -0.3 is 18.6 Å². The Balaban J connectivity index is 1.47. The van der Waals surface area contributed by atoms with E-state index >= 15 is 0 Å². The van der Waals surface area contributed by atoms with E-state index in [0.29, 0.717) is 21.3 Å². The molecule has 0 N–H and O–H groups in total. The van der Waals surface area contributed by atoms with E-state index in [1.807, 2.05) is 30.3 Å². The summed E-state index contributed by atoms with van der Waals surface area (Å²) in [5.41, 5.74) is -3.27. The highest BCUT2D eigenvalue weighted by atomic mass is 79.9. The number of benzene rings is 4. The molecule has 0 saturated carbocycles. The predicted molar refractivity (Wildman–Crippen MR) is 171 cm³/mol. The van der Waals surface area contributed by atoms with Gasteiger partial charge >= 0.3 is 21.6 Å². The van der Waals surface area contributed by atoms with Crippen LogP contribution in [0.2, 0.25) is 0 Å². The lowest BCUT2D eigenvalue weighted by molar-refractivity contribution is -0.147. The van der Waals surface area contributed by atoms with Crippen LogP contribution >= 0.6 is 15.9 Å². The number of ether oxygens (including phenoxy) is 2. The first-order chi connectivity index (χ1) is 22.7. The van der Waals surface area contributed by atoms with Gasteiger partial charge in [0.15, 0.2) is 0 Å². The van der Waals surface area contributed by atoms with E-state index in [0.717, 1.165) is 17.7 Å². The lowest BCUT2D eigenvalue weighted by Gasteiger charge is -2.48. The smallest absolute Gasteiger partial charge is 0.489 e. The van der Waals surface area contributed by atoms with Crippen LogP contribution in [0.3, 0.4) is 0 Å². The second-order valence-electron chi connectivity index (χ2n) is 10.9. The van der Waals surface area contributed by atoms with Gasteiger partial charge in [-0.25, -0.2) is 4.39 Å². The van der Waals surface area contributed by atoms with Crippen molar-refractivity contribution in [1.82, 2.24) is 0 Å². The lowest BCUT2D eigenvalue weighted by atomic mass is 9.78. The maximum atomic E-state index is 13.8. The number of halogens is 5. The van der Waals surface area contributed by atoms with Crippen LogP contribution in [0.15, 0.2) is 102 Å². The monoisotopic (exact) mass is 749 g/mol. The van der Waals surface area contributed by atoms with Crippen molar-refractivity contribution in [2.75, 3.05) is 4.90 Å². The Kier molecular flexibility index (Phi) is 10.4. The number of alkyl halides is 3. The van der Waals surface area contributed by atoms with Crippen molar-refractivity contribution < 1.29 is 49.2 Å². The molecule has 4 aromatic carbocycles. The third-order valence-corrected chi connectivity index (χ3v) is 9.11. The fraction of sp³-hybridized carbons (Fsp3) is 0.235. The highest BCUT2D eigenvalue weighted by Gasteiger charge is 2.50.